The highest BCUT2D eigenvalue weighted by atomic mass is 35.5. The molecular formula is C28H39ClN8O. The first-order valence-corrected chi connectivity index (χ1v) is 14.0. The second-order valence-electron chi connectivity index (χ2n) is 10.9. The quantitative estimate of drug-likeness (QED) is 0.404. The zero-order valence-electron chi connectivity index (χ0n) is 22.4. The molecule has 0 aliphatic carbocycles. The molecule has 1 amide bonds. The Morgan fingerprint density at radius 1 is 1.08 bits per heavy atom. The van der Waals surface area contributed by atoms with E-state index in [4.69, 9.17) is 17.3 Å². The van der Waals surface area contributed by atoms with Gasteiger partial charge in [0.15, 0.2) is 0 Å². The van der Waals surface area contributed by atoms with E-state index in [-0.39, 0.29) is 11.9 Å². The fourth-order valence-electron chi connectivity index (χ4n) is 5.59. The molecule has 0 bridgehead atoms. The number of nitrogens with two attached hydrogens (primary N) is 1. The van der Waals surface area contributed by atoms with Gasteiger partial charge < -0.3 is 25.8 Å². The number of piperazine rings is 1. The largest absolute Gasteiger partial charge is 0.356 e. The van der Waals surface area contributed by atoms with E-state index < -0.39 is 5.54 Å². The van der Waals surface area contributed by atoms with Crippen molar-refractivity contribution < 1.29 is 4.79 Å². The maximum absolute atomic E-state index is 13.6. The van der Waals surface area contributed by atoms with Gasteiger partial charge in [-0.05, 0) is 56.9 Å². The predicted octanol–water partition coefficient (Wildman–Crippen LogP) is 3.18. The lowest BCUT2D eigenvalue weighted by molar-refractivity contribution is -0.128. The SMILES string of the molecule is CC(C)N1CCN(CC[C@H](NC(=O)C2(N)CCN(c3ncnc4[nH]ccc34)CC2)c2ccc(Cl)cc2)CC1. The maximum Gasteiger partial charge on any atom is 0.240 e. The van der Waals surface area contributed by atoms with Crippen LogP contribution in [0.1, 0.15) is 44.7 Å². The number of aromatic nitrogens is 3. The third kappa shape index (κ3) is 5.96. The van der Waals surface area contributed by atoms with Crippen LogP contribution < -0.4 is 16.0 Å². The van der Waals surface area contributed by atoms with Gasteiger partial charge in [-0.1, -0.05) is 23.7 Å². The molecule has 2 aliphatic rings. The molecule has 0 unspecified atom stereocenters. The summed E-state index contributed by atoms with van der Waals surface area (Å²) in [6.45, 7) is 11.0. The number of nitrogens with one attached hydrogen (secondary N) is 2. The van der Waals surface area contributed by atoms with Gasteiger partial charge in [-0.2, -0.15) is 0 Å². The van der Waals surface area contributed by atoms with Crippen LogP contribution in [0.4, 0.5) is 5.82 Å². The number of piperidine rings is 1. The first-order valence-electron chi connectivity index (χ1n) is 13.7. The van der Waals surface area contributed by atoms with Crippen molar-refractivity contribution in [1.82, 2.24) is 30.1 Å². The molecule has 10 heteroatoms. The van der Waals surface area contributed by atoms with Gasteiger partial charge in [-0.15, -0.1) is 0 Å². The van der Waals surface area contributed by atoms with Gasteiger partial charge in [-0.25, -0.2) is 9.97 Å². The standard InChI is InChI=1S/C28H39ClN8O/c1-20(2)36-17-15-35(16-18-36)12-8-24(21-3-5-22(29)6-4-21)34-27(38)28(30)9-13-37(14-10-28)26-23-7-11-31-25(23)32-19-33-26/h3-7,11,19-20,24H,8-10,12-18,30H2,1-2H3,(H,34,38)(H,31,32,33)/t24-/m0/s1. The number of carbonyl (C=O) groups is 1. The van der Waals surface area contributed by atoms with E-state index in [1.165, 1.54) is 0 Å². The van der Waals surface area contributed by atoms with Gasteiger partial charge >= 0.3 is 0 Å². The topological polar surface area (TPSA) is 106 Å². The number of anilines is 1. The molecule has 38 heavy (non-hydrogen) atoms. The van der Waals surface area contributed by atoms with Crippen LogP contribution in [0.2, 0.25) is 5.02 Å². The van der Waals surface area contributed by atoms with Crippen molar-refractivity contribution in [2.75, 3.05) is 50.7 Å². The van der Waals surface area contributed by atoms with Gasteiger partial charge in [0.1, 0.15) is 17.8 Å². The Bertz CT molecular complexity index is 1210. The summed E-state index contributed by atoms with van der Waals surface area (Å²) in [5.41, 5.74) is 7.70. The summed E-state index contributed by atoms with van der Waals surface area (Å²) in [5.74, 6) is 0.798. The second-order valence-corrected chi connectivity index (χ2v) is 11.4. The number of halogens is 1. The summed E-state index contributed by atoms with van der Waals surface area (Å²) in [6.07, 6.45) is 5.38. The highest BCUT2D eigenvalue weighted by Gasteiger charge is 2.39. The summed E-state index contributed by atoms with van der Waals surface area (Å²) < 4.78 is 0. The third-order valence-corrected chi connectivity index (χ3v) is 8.44. The Kier molecular flexibility index (Phi) is 8.18. The van der Waals surface area contributed by atoms with Gasteiger partial charge in [0.25, 0.3) is 0 Å². The minimum absolute atomic E-state index is 0.0868. The Hall–Kier alpha value is -2.72. The molecule has 0 radical (unpaired) electrons. The second kappa shape index (κ2) is 11.6. The lowest BCUT2D eigenvalue weighted by Gasteiger charge is -2.40. The van der Waals surface area contributed by atoms with Crippen LogP contribution in [0.5, 0.6) is 0 Å². The lowest BCUT2D eigenvalue weighted by atomic mass is 9.87. The average molecular weight is 539 g/mol. The molecule has 4 N–H and O–H groups in total. The minimum atomic E-state index is -0.922. The summed E-state index contributed by atoms with van der Waals surface area (Å²) in [6, 6.07) is 10.2. The summed E-state index contributed by atoms with van der Waals surface area (Å²) in [7, 11) is 0. The third-order valence-electron chi connectivity index (χ3n) is 8.19. The minimum Gasteiger partial charge on any atom is -0.356 e. The van der Waals surface area contributed by atoms with Gasteiger partial charge in [0, 0.05) is 63.1 Å². The molecule has 3 aromatic rings. The van der Waals surface area contributed by atoms with Crippen LogP contribution in [-0.2, 0) is 4.79 Å². The predicted molar refractivity (Wildman–Crippen MR) is 152 cm³/mol. The highest BCUT2D eigenvalue weighted by Crippen LogP contribution is 2.29. The van der Waals surface area contributed by atoms with Crippen LogP contribution in [0.25, 0.3) is 11.0 Å². The molecule has 2 aliphatic heterocycles. The summed E-state index contributed by atoms with van der Waals surface area (Å²) in [4.78, 5) is 32.8. The molecule has 9 nitrogen and oxygen atoms in total. The number of hydrogen-bond acceptors (Lipinski definition) is 7. The molecule has 204 valence electrons. The number of amides is 1. The van der Waals surface area contributed by atoms with E-state index in [1.54, 1.807) is 6.33 Å². The van der Waals surface area contributed by atoms with Crippen molar-refractivity contribution in [1.29, 1.82) is 0 Å². The summed E-state index contributed by atoms with van der Waals surface area (Å²) >= 11 is 6.16. The zero-order valence-corrected chi connectivity index (χ0v) is 23.1. The normalized spacial score (nSPS) is 19.7. The van der Waals surface area contributed by atoms with E-state index in [9.17, 15) is 4.79 Å². The fraction of sp³-hybridized carbons (Fsp3) is 0.536. The molecule has 2 saturated heterocycles. The number of rotatable bonds is 8. The van der Waals surface area contributed by atoms with E-state index in [0.717, 1.165) is 61.6 Å². The number of carbonyl (C=O) groups excluding carboxylic acids is 1. The molecule has 0 spiro atoms. The average Bonchev–Trinajstić information content (AvgIpc) is 3.41. The molecular weight excluding hydrogens is 500 g/mol. The van der Waals surface area contributed by atoms with Crippen LogP contribution in [0, 0.1) is 0 Å². The number of fused-ring (bicyclic) bond motifs is 1. The fourth-order valence-corrected chi connectivity index (χ4v) is 5.72. The molecule has 1 aromatic carbocycles. The summed E-state index contributed by atoms with van der Waals surface area (Å²) in [5, 5.41) is 4.99. The smallest absolute Gasteiger partial charge is 0.240 e. The van der Waals surface area contributed by atoms with Crippen molar-refractivity contribution in [2.45, 2.75) is 50.7 Å². The Labute approximate surface area is 229 Å². The monoisotopic (exact) mass is 538 g/mol. The van der Waals surface area contributed by atoms with E-state index in [2.05, 4.69) is 48.8 Å². The Morgan fingerprint density at radius 2 is 1.79 bits per heavy atom. The van der Waals surface area contributed by atoms with Gasteiger partial charge in [-0.3, -0.25) is 9.69 Å². The molecule has 0 saturated carbocycles. The first kappa shape index (κ1) is 26.9. The number of nitrogens with zero attached hydrogens (tertiary/aromatic N) is 5. The van der Waals surface area contributed by atoms with E-state index in [1.807, 2.05) is 36.5 Å². The molecule has 4 heterocycles. The van der Waals surface area contributed by atoms with Crippen molar-refractivity contribution in [2.24, 2.45) is 5.73 Å². The number of hydrogen-bond donors (Lipinski definition) is 3. The lowest BCUT2D eigenvalue weighted by Crippen LogP contribution is -2.60. The molecule has 5 rings (SSSR count). The van der Waals surface area contributed by atoms with Gasteiger partial charge in [0.2, 0.25) is 5.91 Å². The zero-order chi connectivity index (χ0) is 26.7. The Morgan fingerprint density at radius 3 is 2.47 bits per heavy atom. The van der Waals surface area contributed by atoms with Crippen molar-refractivity contribution in [3.63, 3.8) is 0 Å². The maximum atomic E-state index is 13.6. The molecule has 2 aromatic heterocycles. The van der Waals surface area contributed by atoms with Gasteiger partial charge in [0.05, 0.1) is 17.0 Å². The van der Waals surface area contributed by atoms with Crippen LogP contribution in [-0.4, -0.2) is 88.1 Å². The first-order chi connectivity index (χ1) is 18.3. The van der Waals surface area contributed by atoms with E-state index >= 15 is 0 Å². The highest BCUT2D eigenvalue weighted by molar-refractivity contribution is 6.30. The molecule has 2 fully saturated rings. The van der Waals surface area contributed by atoms with Crippen LogP contribution in [0.3, 0.4) is 0 Å². The Balaban J connectivity index is 1.22. The van der Waals surface area contributed by atoms with Crippen molar-refractivity contribution in [3.05, 3.63) is 53.4 Å². The molecule has 1 atom stereocenters. The number of aromatic amines is 1. The number of benzene rings is 1. The van der Waals surface area contributed by atoms with Crippen molar-refractivity contribution >= 4 is 34.4 Å². The van der Waals surface area contributed by atoms with Crippen LogP contribution in [0.15, 0.2) is 42.9 Å². The van der Waals surface area contributed by atoms with E-state index in [0.29, 0.717) is 37.0 Å². The van der Waals surface area contributed by atoms with Crippen molar-refractivity contribution in [3.8, 4) is 0 Å². The number of H-pyrrole nitrogens is 1. The van der Waals surface area contributed by atoms with Crippen LogP contribution >= 0.6 is 11.6 Å².